The molecule has 17 heavy (non-hydrogen) atoms. The standard InChI is InChI=1S/C11H15ClN4O/c12-10-5-11(14-8-13-10)16-2-1-15-3-4-17-7-9(15)6-16/h5,8-9H,1-4,6-7H2/t9-/m1/s1. The maximum atomic E-state index is 5.89. The summed E-state index contributed by atoms with van der Waals surface area (Å²) in [5, 5.41) is 0.498. The number of piperazine rings is 1. The smallest absolute Gasteiger partial charge is 0.134 e. The van der Waals surface area contributed by atoms with E-state index in [1.54, 1.807) is 0 Å². The zero-order chi connectivity index (χ0) is 11.7. The Morgan fingerprint density at radius 2 is 2.24 bits per heavy atom. The zero-order valence-electron chi connectivity index (χ0n) is 9.55. The maximum absolute atomic E-state index is 5.89. The molecule has 2 saturated heterocycles. The molecule has 2 aliphatic heterocycles. The predicted octanol–water partition coefficient (Wildman–Crippen LogP) is 0.651. The third-order valence-corrected chi connectivity index (χ3v) is 3.59. The molecule has 2 aliphatic rings. The average Bonchev–Trinajstić information content (AvgIpc) is 2.38. The van der Waals surface area contributed by atoms with E-state index >= 15 is 0 Å². The Morgan fingerprint density at radius 1 is 1.29 bits per heavy atom. The number of fused-ring (bicyclic) bond motifs is 1. The maximum Gasteiger partial charge on any atom is 0.134 e. The number of ether oxygens (including phenoxy) is 1. The van der Waals surface area contributed by atoms with Crippen LogP contribution in [0.25, 0.3) is 0 Å². The monoisotopic (exact) mass is 254 g/mol. The highest BCUT2D eigenvalue weighted by Crippen LogP contribution is 2.20. The number of hydrogen-bond donors (Lipinski definition) is 0. The molecule has 6 heteroatoms. The fourth-order valence-corrected chi connectivity index (χ4v) is 2.59. The molecule has 1 aromatic rings. The van der Waals surface area contributed by atoms with E-state index in [4.69, 9.17) is 16.3 Å². The number of rotatable bonds is 1. The summed E-state index contributed by atoms with van der Waals surface area (Å²) in [5.41, 5.74) is 0. The van der Waals surface area contributed by atoms with Crippen LogP contribution >= 0.6 is 11.6 Å². The molecule has 5 nitrogen and oxygen atoms in total. The zero-order valence-corrected chi connectivity index (χ0v) is 10.3. The highest BCUT2D eigenvalue weighted by molar-refractivity contribution is 6.29. The first-order chi connectivity index (χ1) is 8.33. The van der Waals surface area contributed by atoms with Gasteiger partial charge in [0, 0.05) is 32.2 Å². The second-order valence-electron chi connectivity index (χ2n) is 4.41. The molecule has 3 heterocycles. The molecule has 0 aromatic carbocycles. The first kappa shape index (κ1) is 11.2. The van der Waals surface area contributed by atoms with Crippen molar-refractivity contribution in [2.24, 2.45) is 0 Å². The van der Waals surface area contributed by atoms with Crippen LogP contribution in [-0.2, 0) is 4.74 Å². The lowest BCUT2D eigenvalue weighted by Crippen LogP contribution is -2.58. The number of morpholine rings is 1. The van der Waals surface area contributed by atoms with E-state index in [-0.39, 0.29) is 0 Å². The molecule has 1 atom stereocenters. The van der Waals surface area contributed by atoms with Gasteiger partial charge in [-0.05, 0) is 0 Å². The molecule has 0 saturated carbocycles. The van der Waals surface area contributed by atoms with E-state index < -0.39 is 0 Å². The number of nitrogens with zero attached hydrogens (tertiary/aromatic N) is 4. The van der Waals surface area contributed by atoms with Crippen molar-refractivity contribution in [2.45, 2.75) is 6.04 Å². The van der Waals surface area contributed by atoms with Gasteiger partial charge < -0.3 is 9.64 Å². The second-order valence-corrected chi connectivity index (χ2v) is 4.80. The third-order valence-electron chi connectivity index (χ3n) is 3.38. The van der Waals surface area contributed by atoms with Gasteiger partial charge in [0.2, 0.25) is 0 Å². The fraction of sp³-hybridized carbons (Fsp3) is 0.636. The SMILES string of the molecule is Clc1cc(N2CCN3CCOC[C@H]3C2)ncn1. The molecular formula is C11H15ClN4O. The Labute approximate surface area is 105 Å². The first-order valence-corrected chi connectivity index (χ1v) is 6.25. The van der Waals surface area contributed by atoms with Gasteiger partial charge in [0.15, 0.2) is 0 Å². The lowest BCUT2D eigenvalue weighted by Gasteiger charge is -2.44. The molecule has 0 aliphatic carbocycles. The minimum atomic E-state index is 0.478. The van der Waals surface area contributed by atoms with Gasteiger partial charge in [0.25, 0.3) is 0 Å². The van der Waals surface area contributed by atoms with E-state index in [0.717, 1.165) is 45.2 Å². The summed E-state index contributed by atoms with van der Waals surface area (Å²) >= 11 is 5.89. The minimum absolute atomic E-state index is 0.478. The molecule has 0 radical (unpaired) electrons. The van der Waals surface area contributed by atoms with Crippen molar-refractivity contribution in [2.75, 3.05) is 44.3 Å². The molecule has 0 amide bonds. The van der Waals surface area contributed by atoms with E-state index in [0.29, 0.717) is 11.2 Å². The summed E-state index contributed by atoms with van der Waals surface area (Å²) in [6.45, 7) is 5.72. The second kappa shape index (κ2) is 4.76. The van der Waals surface area contributed by atoms with Crippen LogP contribution in [0, 0.1) is 0 Å². The molecule has 0 unspecified atom stereocenters. The molecule has 0 N–H and O–H groups in total. The van der Waals surface area contributed by atoms with Gasteiger partial charge in [-0.15, -0.1) is 0 Å². The van der Waals surface area contributed by atoms with Crippen LogP contribution in [0.4, 0.5) is 5.82 Å². The van der Waals surface area contributed by atoms with Crippen LogP contribution < -0.4 is 4.90 Å². The molecule has 0 spiro atoms. The summed E-state index contributed by atoms with van der Waals surface area (Å²) in [7, 11) is 0. The Hall–Kier alpha value is -0.910. The summed E-state index contributed by atoms with van der Waals surface area (Å²) in [5.74, 6) is 0.912. The Balaban J connectivity index is 1.73. The summed E-state index contributed by atoms with van der Waals surface area (Å²) in [4.78, 5) is 12.9. The van der Waals surface area contributed by atoms with Crippen LogP contribution in [0.15, 0.2) is 12.4 Å². The van der Waals surface area contributed by atoms with Gasteiger partial charge in [0.1, 0.15) is 17.3 Å². The lowest BCUT2D eigenvalue weighted by atomic mass is 10.1. The molecule has 1 aromatic heterocycles. The topological polar surface area (TPSA) is 41.5 Å². The van der Waals surface area contributed by atoms with Crippen LogP contribution in [0.3, 0.4) is 0 Å². The first-order valence-electron chi connectivity index (χ1n) is 5.87. The Bertz CT molecular complexity index is 403. The minimum Gasteiger partial charge on any atom is -0.378 e. The lowest BCUT2D eigenvalue weighted by molar-refractivity contribution is -0.0117. The van der Waals surface area contributed by atoms with Gasteiger partial charge in [-0.25, -0.2) is 9.97 Å². The van der Waals surface area contributed by atoms with Crippen LogP contribution in [-0.4, -0.2) is 60.3 Å². The van der Waals surface area contributed by atoms with Crippen molar-refractivity contribution in [3.05, 3.63) is 17.5 Å². The molecule has 92 valence electrons. The van der Waals surface area contributed by atoms with E-state index in [1.807, 2.05) is 6.07 Å². The number of aromatic nitrogens is 2. The number of hydrogen-bond acceptors (Lipinski definition) is 5. The average molecular weight is 255 g/mol. The van der Waals surface area contributed by atoms with Gasteiger partial charge in [-0.2, -0.15) is 0 Å². The number of anilines is 1. The van der Waals surface area contributed by atoms with Crippen molar-refractivity contribution in [1.29, 1.82) is 0 Å². The van der Waals surface area contributed by atoms with Gasteiger partial charge in [0.05, 0.1) is 19.3 Å². The van der Waals surface area contributed by atoms with Crippen LogP contribution in [0.5, 0.6) is 0 Å². The molecular weight excluding hydrogens is 240 g/mol. The van der Waals surface area contributed by atoms with Gasteiger partial charge in [-0.3, -0.25) is 4.90 Å². The van der Waals surface area contributed by atoms with E-state index in [9.17, 15) is 0 Å². The van der Waals surface area contributed by atoms with E-state index in [1.165, 1.54) is 6.33 Å². The Kier molecular flexibility index (Phi) is 3.13. The van der Waals surface area contributed by atoms with Crippen molar-refractivity contribution >= 4 is 17.4 Å². The van der Waals surface area contributed by atoms with Crippen molar-refractivity contribution < 1.29 is 4.74 Å². The number of halogens is 1. The van der Waals surface area contributed by atoms with Crippen LogP contribution in [0.2, 0.25) is 5.15 Å². The molecule has 2 fully saturated rings. The van der Waals surface area contributed by atoms with Crippen molar-refractivity contribution in [1.82, 2.24) is 14.9 Å². The normalized spacial score (nSPS) is 25.7. The summed E-state index contributed by atoms with van der Waals surface area (Å²) in [6.07, 6.45) is 1.52. The largest absolute Gasteiger partial charge is 0.378 e. The van der Waals surface area contributed by atoms with Gasteiger partial charge >= 0.3 is 0 Å². The van der Waals surface area contributed by atoms with E-state index in [2.05, 4.69) is 19.8 Å². The summed E-state index contributed by atoms with van der Waals surface area (Å²) < 4.78 is 5.52. The third kappa shape index (κ3) is 2.36. The highest BCUT2D eigenvalue weighted by Gasteiger charge is 2.29. The van der Waals surface area contributed by atoms with Crippen molar-refractivity contribution in [3.63, 3.8) is 0 Å². The quantitative estimate of drug-likeness (QED) is 0.689. The van der Waals surface area contributed by atoms with Crippen LogP contribution in [0.1, 0.15) is 0 Å². The van der Waals surface area contributed by atoms with Crippen molar-refractivity contribution in [3.8, 4) is 0 Å². The highest BCUT2D eigenvalue weighted by atomic mass is 35.5. The molecule has 0 bridgehead atoms. The Morgan fingerprint density at radius 3 is 3.12 bits per heavy atom. The fourth-order valence-electron chi connectivity index (χ4n) is 2.45. The molecule has 3 rings (SSSR count). The van der Waals surface area contributed by atoms with Gasteiger partial charge in [-0.1, -0.05) is 11.6 Å². The summed E-state index contributed by atoms with van der Waals surface area (Å²) in [6, 6.07) is 2.30. The predicted molar refractivity (Wildman–Crippen MR) is 65.4 cm³/mol.